The Kier molecular flexibility index (Phi) is 11.1. The van der Waals surface area contributed by atoms with Crippen LogP contribution in [0.5, 0.6) is 11.5 Å². The number of alkyl halides is 3. The van der Waals surface area contributed by atoms with Crippen molar-refractivity contribution in [1.82, 2.24) is 19.7 Å². The predicted molar refractivity (Wildman–Crippen MR) is 209 cm³/mol. The molecular formula is C42H51F3N6O6. The van der Waals surface area contributed by atoms with E-state index in [4.69, 9.17) is 9.47 Å². The number of rotatable bonds is 10. The summed E-state index contributed by atoms with van der Waals surface area (Å²) in [6.07, 6.45) is 1.03. The highest BCUT2D eigenvalue weighted by atomic mass is 19.4. The number of ether oxygens (including phenoxy) is 2. The van der Waals surface area contributed by atoms with Crippen LogP contribution in [0.3, 0.4) is 0 Å². The standard InChI is InChI=1S/C42H51F3N6O6/c1-25-26(2)40(55)48(3)22-30(25)28-19-35(56-4)31(36(20-28)57-5)23-51-17-16-50(24-41(51)12-13-41)38(53)18-27-10-14-49(15-11-27)34-8-6-29(21-32(34)42(43,44)45)46-33-7-9-37(52)47-39(33)54/h6,8,19-22,27,33,46H,7,9-18,23-24H2,1-5H3,(H,47,52,54). The highest BCUT2D eigenvalue weighted by Gasteiger charge is 2.52. The number of anilines is 2. The first-order valence-corrected chi connectivity index (χ1v) is 19.6. The van der Waals surface area contributed by atoms with Crippen molar-refractivity contribution in [2.45, 2.75) is 83.1 Å². The molecule has 1 aliphatic carbocycles. The van der Waals surface area contributed by atoms with Gasteiger partial charge in [-0.25, -0.2) is 0 Å². The number of pyridine rings is 1. The first kappa shape index (κ1) is 40.2. The monoisotopic (exact) mass is 792 g/mol. The van der Waals surface area contributed by atoms with Crippen molar-refractivity contribution in [3.63, 3.8) is 0 Å². The van der Waals surface area contributed by atoms with Gasteiger partial charge in [0.25, 0.3) is 5.56 Å². The normalized spacial score (nSPS) is 20.1. The molecule has 1 spiro atoms. The molecule has 3 amide bonds. The number of aromatic nitrogens is 1. The number of aryl methyl sites for hydroxylation is 1. The first-order valence-electron chi connectivity index (χ1n) is 19.6. The fraction of sp³-hybridized carbons (Fsp3) is 0.524. The van der Waals surface area contributed by atoms with Gasteiger partial charge in [-0.1, -0.05) is 0 Å². The molecule has 306 valence electrons. The van der Waals surface area contributed by atoms with Crippen molar-refractivity contribution < 1.29 is 37.0 Å². The molecule has 1 atom stereocenters. The summed E-state index contributed by atoms with van der Waals surface area (Å²) in [4.78, 5) is 56.1. The topological polar surface area (TPSA) is 125 Å². The zero-order valence-corrected chi connectivity index (χ0v) is 33.2. The van der Waals surface area contributed by atoms with Gasteiger partial charge in [-0.15, -0.1) is 0 Å². The van der Waals surface area contributed by atoms with E-state index in [-0.39, 0.29) is 47.1 Å². The summed E-state index contributed by atoms with van der Waals surface area (Å²) in [5.74, 6) is 0.587. The van der Waals surface area contributed by atoms with E-state index in [1.165, 1.54) is 12.1 Å². The summed E-state index contributed by atoms with van der Waals surface area (Å²) >= 11 is 0. The van der Waals surface area contributed by atoms with E-state index in [0.717, 1.165) is 41.2 Å². The Morgan fingerprint density at radius 1 is 0.947 bits per heavy atom. The van der Waals surface area contributed by atoms with E-state index < -0.39 is 29.6 Å². The molecule has 15 heteroatoms. The highest BCUT2D eigenvalue weighted by Crippen LogP contribution is 2.47. The maximum atomic E-state index is 14.3. The van der Waals surface area contributed by atoms with Crippen LogP contribution in [0.1, 0.15) is 67.2 Å². The van der Waals surface area contributed by atoms with Crippen LogP contribution in [0.25, 0.3) is 11.1 Å². The summed E-state index contributed by atoms with van der Waals surface area (Å²) in [7, 11) is 5.03. The summed E-state index contributed by atoms with van der Waals surface area (Å²) in [5, 5.41) is 5.07. The lowest BCUT2D eigenvalue weighted by atomic mass is 9.91. The molecule has 1 unspecified atom stereocenters. The highest BCUT2D eigenvalue weighted by molar-refractivity contribution is 6.01. The van der Waals surface area contributed by atoms with Crippen LogP contribution in [-0.2, 0) is 34.2 Å². The van der Waals surface area contributed by atoms with Crippen LogP contribution in [0.4, 0.5) is 24.5 Å². The molecular weight excluding hydrogens is 741 g/mol. The quantitative estimate of drug-likeness (QED) is 0.260. The van der Waals surface area contributed by atoms with Crippen LogP contribution in [-0.4, -0.2) is 90.6 Å². The number of nitrogens with one attached hydrogen (secondary N) is 2. The minimum absolute atomic E-state index is 0.0326. The Morgan fingerprint density at radius 3 is 2.25 bits per heavy atom. The van der Waals surface area contributed by atoms with Gasteiger partial charge in [0, 0.05) is 93.4 Å². The lowest BCUT2D eigenvalue weighted by molar-refractivity contribution is -0.137. The Hall–Kier alpha value is -5.05. The number of nitrogens with zero attached hydrogens (tertiary/aromatic N) is 4. The molecule has 0 radical (unpaired) electrons. The molecule has 4 fully saturated rings. The van der Waals surface area contributed by atoms with Crippen LogP contribution in [0.15, 0.2) is 41.3 Å². The summed E-state index contributed by atoms with van der Waals surface area (Å²) in [6.45, 7) is 7.03. The number of methoxy groups -OCH3 is 2. The fourth-order valence-electron chi connectivity index (χ4n) is 8.76. The molecule has 7 rings (SSSR count). The average molecular weight is 793 g/mol. The number of piperidine rings is 2. The van der Waals surface area contributed by atoms with Gasteiger partial charge in [0.15, 0.2) is 0 Å². The Balaban J connectivity index is 0.969. The average Bonchev–Trinajstić information content (AvgIpc) is 3.96. The molecule has 3 saturated heterocycles. The van der Waals surface area contributed by atoms with Crippen molar-refractivity contribution in [3.8, 4) is 22.6 Å². The molecule has 3 aliphatic heterocycles. The summed E-state index contributed by atoms with van der Waals surface area (Å²) in [5.41, 5.74) is 3.62. The summed E-state index contributed by atoms with van der Waals surface area (Å²) < 4.78 is 56.4. The number of amides is 3. The number of halogens is 3. The third-order valence-corrected chi connectivity index (χ3v) is 12.5. The zero-order valence-electron chi connectivity index (χ0n) is 33.2. The van der Waals surface area contributed by atoms with E-state index in [9.17, 15) is 32.3 Å². The minimum Gasteiger partial charge on any atom is -0.496 e. The Bertz CT molecular complexity index is 2100. The van der Waals surface area contributed by atoms with Gasteiger partial charge in [-0.05, 0) is 93.3 Å². The smallest absolute Gasteiger partial charge is 0.418 e. The van der Waals surface area contributed by atoms with Crippen LogP contribution < -0.4 is 30.6 Å². The second-order valence-corrected chi connectivity index (χ2v) is 16.0. The predicted octanol–water partition coefficient (Wildman–Crippen LogP) is 5.41. The van der Waals surface area contributed by atoms with Gasteiger partial charge in [0.1, 0.15) is 17.5 Å². The third-order valence-electron chi connectivity index (χ3n) is 12.5. The Morgan fingerprint density at radius 2 is 1.63 bits per heavy atom. The minimum atomic E-state index is -4.62. The maximum Gasteiger partial charge on any atom is 0.418 e. The molecule has 1 saturated carbocycles. The van der Waals surface area contributed by atoms with Gasteiger partial charge in [-0.2, -0.15) is 13.2 Å². The second kappa shape index (κ2) is 15.7. The number of piperazine rings is 1. The van der Waals surface area contributed by atoms with Crippen LogP contribution in [0, 0.1) is 19.8 Å². The van der Waals surface area contributed by atoms with Crippen molar-refractivity contribution in [3.05, 3.63) is 69.1 Å². The number of hydrogen-bond donors (Lipinski definition) is 2. The molecule has 1 aromatic heterocycles. The van der Waals surface area contributed by atoms with E-state index in [1.54, 1.807) is 30.7 Å². The number of hydrogen-bond acceptors (Lipinski definition) is 9. The first-order chi connectivity index (χ1) is 27.1. The van der Waals surface area contributed by atoms with Gasteiger partial charge in [0.05, 0.1) is 25.3 Å². The molecule has 3 aromatic rings. The molecule has 4 heterocycles. The van der Waals surface area contributed by atoms with E-state index in [0.29, 0.717) is 75.6 Å². The van der Waals surface area contributed by atoms with Gasteiger partial charge in [-0.3, -0.25) is 29.4 Å². The van der Waals surface area contributed by atoms with Crippen LogP contribution in [0.2, 0.25) is 0 Å². The lowest BCUT2D eigenvalue weighted by Crippen LogP contribution is -2.56. The summed E-state index contributed by atoms with van der Waals surface area (Å²) in [6, 6.07) is 7.20. The largest absolute Gasteiger partial charge is 0.496 e. The Labute approximate surface area is 330 Å². The van der Waals surface area contributed by atoms with Gasteiger partial charge < -0.3 is 29.2 Å². The van der Waals surface area contributed by atoms with E-state index >= 15 is 0 Å². The zero-order chi connectivity index (χ0) is 40.8. The van der Waals surface area contributed by atoms with E-state index in [2.05, 4.69) is 15.5 Å². The lowest BCUT2D eigenvalue weighted by Gasteiger charge is -2.43. The van der Waals surface area contributed by atoms with Gasteiger partial charge >= 0.3 is 6.18 Å². The molecule has 57 heavy (non-hydrogen) atoms. The van der Waals surface area contributed by atoms with Crippen LogP contribution >= 0.6 is 0 Å². The van der Waals surface area contributed by atoms with Crippen molar-refractivity contribution >= 4 is 29.1 Å². The van der Waals surface area contributed by atoms with E-state index in [1.807, 2.05) is 37.1 Å². The number of carbonyl (C=O) groups is 3. The molecule has 0 bridgehead atoms. The number of benzene rings is 2. The molecule has 12 nitrogen and oxygen atoms in total. The van der Waals surface area contributed by atoms with Crippen molar-refractivity contribution in [2.75, 3.05) is 57.2 Å². The number of carbonyl (C=O) groups excluding carboxylic acids is 3. The number of imide groups is 1. The fourth-order valence-corrected chi connectivity index (χ4v) is 8.76. The second-order valence-electron chi connectivity index (χ2n) is 16.0. The van der Waals surface area contributed by atoms with Crippen molar-refractivity contribution in [1.29, 1.82) is 0 Å². The van der Waals surface area contributed by atoms with Gasteiger partial charge in [0.2, 0.25) is 17.7 Å². The molecule has 2 aromatic carbocycles. The third kappa shape index (κ3) is 8.21. The SMILES string of the molecule is COc1cc(-c2cn(C)c(=O)c(C)c2C)cc(OC)c1CN1CCN(C(=O)CC2CCN(c3ccc(NC4CCC(=O)NC4=O)cc3C(F)(F)F)CC2)CC12CC2. The molecule has 2 N–H and O–H groups in total. The van der Waals surface area contributed by atoms with Crippen molar-refractivity contribution in [2.24, 2.45) is 13.0 Å². The maximum absolute atomic E-state index is 14.3. The molecule has 4 aliphatic rings.